The third-order valence-electron chi connectivity index (χ3n) is 4.82. The Bertz CT molecular complexity index is 800. The molecule has 1 amide bonds. The maximum absolute atomic E-state index is 12.3. The van der Waals surface area contributed by atoms with Gasteiger partial charge in [0.25, 0.3) is 5.91 Å². The van der Waals surface area contributed by atoms with E-state index in [1.165, 1.54) is 11.1 Å². The molecule has 1 N–H and O–H groups in total. The van der Waals surface area contributed by atoms with Crippen LogP contribution in [0.2, 0.25) is 0 Å². The number of carbonyl (C=O) groups excluding carboxylic acids is 1. The average molecular weight is 322 g/mol. The molecule has 0 atom stereocenters. The van der Waals surface area contributed by atoms with E-state index in [0.29, 0.717) is 12.2 Å². The minimum Gasteiger partial charge on any atom is -0.352 e. The molecular formula is C19H22N4O. The van der Waals surface area contributed by atoms with Gasteiger partial charge in [0.1, 0.15) is 17.3 Å². The number of nitrogens with one attached hydrogen (secondary N) is 1. The summed E-state index contributed by atoms with van der Waals surface area (Å²) < 4.78 is 0. The van der Waals surface area contributed by atoms with Crippen molar-refractivity contribution in [3.63, 3.8) is 0 Å². The van der Waals surface area contributed by atoms with Gasteiger partial charge in [0, 0.05) is 31.1 Å². The van der Waals surface area contributed by atoms with Gasteiger partial charge in [-0.15, -0.1) is 0 Å². The Morgan fingerprint density at radius 1 is 1.12 bits per heavy atom. The number of anilines is 1. The molecule has 0 bridgehead atoms. The van der Waals surface area contributed by atoms with Gasteiger partial charge in [-0.2, -0.15) is 0 Å². The smallest absolute Gasteiger partial charge is 0.270 e. The Hall–Kier alpha value is -2.43. The first kappa shape index (κ1) is 15.1. The molecule has 1 aromatic carbocycles. The number of hydrogen-bond acceptors (Lipinski definition) is 4. The minimum absolute atomic E-state index is 0.0702. The average Bonchev–Trinajstić information content (AvgIpc) is 2.61. The van der Waals surface area contributed by atoms with Crippen LogP contribution in [0, 0.1) is 0 Å². The van der Waals surface area contributed by atoms with Crippen LogP contribution in [0.1, 0.15) is 52.8 Å². The highest BCUT2D eigenvalue weighted by Gasteiger charge is 2.28. The number of rotatable bonds is 2. The number of fused-ring (bicyclic) bond motifs is 2. The summed E-state index contributed by atoms with van der Waals surface area (Å²) in [6.07, 6.45) is 1.81. The van der Waals surface area contributed by atoms with Gasteiger partial charge in [-0.25, -0.2) is 9.97 Å². The van der Waals surface area contributed by atoms with E-state index in [1.54, 1.807) is 0 Å². The van der Waals surface area contributed by atoms with E-state index in [4.69, 9.17) is 4.98 Å². The molecule has 124 valence electrons. The Labute approximate surface area is 142 Å². The van der Waals surface area contributed by atoms with Crippen LogP contribution in [0.15, 0.2) is 24.3 Å². The predicted molar refractivity (Wildman–Crippen MR) is 93.4 cm³/mol. The summed E-state index contributed by atoms with van der Waals surface area (Å²) in [5, 5.41) is 2.90. The second-order valence-corrected chi connectivity index (χ2v) is 6.83. The highest BCUT2D eigenvalue weighted by Crippen LogP contribution is 2.30. The topological polar surface area (TPSA) is 58.1 Å². The summed E-state index contributed by atoms with van der Waals surface area (Å²) >= 11 is 0. The standard InChI is InChI=1S/C19H22N4O/c1-12(2)17-21-16-15(7-9-20-19(16)24)18(22-17)23-10-8-13-5-3-4-6-14(13)11-23/h3-6,12H,7-11H2,1-2H3,(H,20,24). The zero-order valence-electron chi connectivity index (χ0n) is 14.2. The lowest BCUT2D eigenvalue weighted by molar-refractivity contribution is 0.0940. The zero-order valence-corrected chi connectivity index (χ0v) is 14.2. The Balaban J connectivity index is 1.79. The van der Waals surface area contributed by atoms with Gasteiger partial charge in [0.2, 0.25) is 0 Å². The van der Waals surface area contributed by atoms with Crippen molar-refractivity contribution in [3.8, 4) is 0 Å². The van der Waals surface area contributed by atoms with Crippen LogP contribution < -0.4 is 10.2 Å². The maximum atomic E-state index is 12.3. The monoisotopic (exact) mass is 322 g/mol. The van der Waals surface area contributed by atoms with Crippen LogP contribution in [-0.4, -0.2) is 29.0 Å². The first-order valence-corrected chi connectivity index (χ1v) is 8.64. The van der Waals surface area contributed by atoms with Crippen molar-refractivity contribution in [2.45, 2.75) is 39.2 Å². The summed E-state index contributed by atoms with van der Waals surface area (Å²) in [7, 11) is 0. The normalized spacial score (nSPS) is 16.6. The lowest BCUT2D eigenvalue weighted by Gasteiger charge is -2.33. The molecule has 1 aromatic heterocycles. The molecule has 3 heterocycles. The molecule has 0 spiro atoms. The molecule has 0 radical (unpaired) electrons. The summed E-state index contributed by atoms with van der Waals surface area (Å²) in [6.45, 7) is 6.57. The van der Waals surface area contributed by atoms with Gasteiger partial charge in [0.05, 0.1) is 0 Å². The first-order valence-electron chi connectivity index (χ1n) is 8.64. The molecule has 0 fully saturated rings. The second kappa shape index (κ2) is 5.89. The fourth-order valence-corrected chi connectivity index (χ4v) is 3.49. The fraction of sp³-hybridized carbons (Fsp3) is 0.421. The van der Waals surface area contributed by atoms with Crippen molar-refractivity contribution in [3.05, 3.63) is 52.5 Å². The molecule has 0 saturated heterocycles. The molecule has 5 heteroatoms. The second-order valence-electron chi connectivity index (χ2n) is 6.83. The molecule has 24 heavy (non-hydrogen) atoms. The molecule has 2 aliphatic heterocycles. The van der Waals surface area contributed by atoms with Gasteiger partial charge in [-0.1, -0.05) is 38.1 Å². The van der Waals surface area contributed by atoms with E-state index in [-0.39, 0.29) is 11.8 Å². The summed E-state index contributed by atoms with van der Waals surface area (Å²) in [6, 6.07) is 8.58. The molecule has 0 aliphatic carbocycles. The molecule has 5 nitrogen and oxygen atoms in total. The van der Waals surface area contributed by atoms with Crippen molar-refractivity contribution < 1.29 is 4.79 Å². The number of carbonyl (C=O) groups is 1. The Morgan fingerprint density at radius 2 is 1.92 bits per heavy atom. The van der Waals surface area contributed by atoms with E-state index in [2.05, 4.69) is 53.3 Å². The highest BCUT2D eigenvalue weighted by molar-refractivity contribution is 5.96. The maximum Gasteiger partial charge on any atom is 0.270 e. The van der Waals surface area contributed by atoms with Crippen molar-refractivity contribution in [2.24, 2.45) is 0 Å². The third-order valence-corrected chi connectivity index (χ3v) is 4.82. The fourth-order valence-electron chi connectivity index (χ4n) is 3.49. The molecule has 2 aliphatic rings. The largest absolute Gasteiger partial charge is 0.352 e. The van der Waals surface area contributed by atoms with E-state index < -0.39 is 0 Å². The Kier molecular flexibility index (Phi) is 3.71. The zero-order chi connectivity index (χ0) is 16.7. The van der Waals surface area contributed by atoms with Crippen molar-refractivity contribution >= 4 is 11.7 Å². The van der Waals surface area contributed by atoms with Crippen LogP contribution >= 0.6 is 0 Å². The minimum atomic E-state index is -0.0702. The quantitative estimate of drug-likeness (QED) is 0.923. The number of amides is 1. The van der Waals surface area contributed by atoms with Gasteiger partial charge < -0.3 is 10.2 Å². The van der Waals surface area contributed by atoms with E-state index in [9.17, 15) is 4.79 Å². The lowest BCUT2D eigenvalue weighted by Crippen LogP contribution is -2.38. The van der Waals surface area contributed by atoms with Gasteiger partial charge in [-0.3, -0.25) is 4.79 Å². The summed E-state index contributed by atoms with van der Waals surface area (Å²) in [5.41, 5.74) is 4.33. The first-order chi connectivity index (χ1) is 11.6. The van der Waals surface area contributed by atoms with Crippen LogP contribution in [-0.2, 0) is 19.4 Å². The van der Waals surface area contributed by atoms with Crippen LogP contribution in [0.3, 0.4) is 0 Å². The van der Waals surface area contributed by atoms with E-state index in [1.807, 2.05) is 0 Å². The number of nitrogens with zero attached hydrogens (tertiary/aromatic N) is 3. The van der Waals surface area contributed by atoms with Crippen molar-refractivity contribution in [1.82, 2.24) is 15.3 Å². The van der Waals surface area contributed by atoms with Crippen molar-refractivity contribution in [2.75, 3.05) is 18.0 Å². The number of aromatic nitrogens is 2. The van der Waals surface area contributed by atoms with Gasteiger partial charge >= 0.3 is 0 Å². The molecule has 4 rings (SSSR count). The van der Waals surface area contributed by atoms with Crippen LogP contribution in [0.25, 0.3) is 0 Å². The van der Waals surface area contributed by atoms with Crippen LogP contribution in [0.4, 0.5) is 5.82 Å². The SMILES string of the molecule is CC(C)c1nc2c(c(N3CCc4ccccc4C3)n1)CCNC2=O. The van der Waals surface area contributed by atoms with Crippen LogP contribution in [0.5, 0.6) is 0 Å². The Morgan fingerprint density at radius 3 is 2.71 bits per heavy atom. The van der Waals surface area contributed by atoms with E-state index >= 15 is 0 Å². The number of benzene rings is 1. The van der Waals surface area contributed by atoms with Gasteiger partial charge in [0.15, 0.2) is 0 Å². The lowest BCUT2D eigenvalue weighted by atomic mass is 9.98. The third kappa shape index (κ3) is 2.54. The van der Waals surface area contributed by atoms with Crippen molar-refractivity contribution in [1.29, 1.82) is 0 Å². The predicted octanol–water partition coefficient (Wildman–Crippen LogP) is 2.45. The molecular weight excluding hydrogens is 300 g/mol. The molecule has 0 unspecified atom stereocenters. The molecule has 2 aromatic rings. The summed E-state index contributed by atoms with van der Waals surface area (Å²) in [4.78, 5) is 24.0. The molecule has 0 saturated carbocycles. The highest BCUT2D eigenvalue weighted by atomic mass is 16.1. The van der Waals surface area contributed by atoms with Gasteiger partial charge in [-0.05, 0) is 24.0 Å². The summed E-state index contributed by atoms with van der Waals surface area (Å²) in [5.74, 6) is 1.83. The number of hydrogen-bond donors (Lipinski definition) is 1. The van der Waals surface area contributed by atoms with E-state index in [0.717, 1.165) is 43.1 Å².